The fourth-order valence-electron chi connectivity index (χ4n) is 10.2. The van der Waals surface area contributed by atoms with Crippen molar-refractivity contribution in [1.82, 2.24) is 0 Å². The van der Waals surface area contributed by atoms with Crippen molar-refractivity contribution in [3.05, 3.63) is 180 Å². The summed E-state index contributed by atoms with van der Waals surface area (Å²) in [6, 6.07) is 59.6. The lowest BCUT2D eigenvalue weighted by Crippen LogP contribution is -2.63. The van der Waals surface area contributed by atoms with Gasteiger partial charge in [-0.3, -0.25) is 0 Å². The highest BCUT2D eigenvalue weighted by atomic mass is 28.4. The second-order valence-corrected chi connectivity index (χ2v) is 29.7. The molecular formula is C53H58N2Si2. The third kappa shape index (κ3) is 6.57. The van der Waals surface area contributed by atoms with E-state index in [1.807, 2.05) is 0 Å². The van der Waals surface area contributed by atoms with E-state index >= 15 is 0 Å². The molecule has 57 heavy (non-hydrogen) atoms. The lowest BCUT2D eigenvalue weighted by atomic mass is 9.97. The molecule has 0 bridgehead atoms. The fraction of sp³-hybridized carbons (Fsp3) is 0.245. The Hall–Kier alpha value is -5.17. The van der Waals surface area contributed by atoms with Crippen LogP contribution in [0.3, 0.4) is 0 Å². The van der Waals surface area contributed by atoms with Crippen LogP contribution < -0.4 is 9.80 Å². The zero-order chi connectivity index (χ0) is 40.3. The molecule has 1 aliphatic rings. The first-order valence-corrected chi connectivity index (χ1v) is 27.8. The molecule has 2 nitrogen and oxygen atoms in total. The molecule has 288 valence electrons. The molecular weight excluding hydrogens is 721 g/mol. The van der Waals surface area contributed by atoms with Crippen molar-refractivity contribution in [2.24, 2.45) is 0 Å². The topological polar surface area (TPSA) is 6.48 Å². The second-order valence-electron chi connectivity index (χ2n) is 18.7. The Balaban J connectivity index is 1.33. The van der Waals surface area contributed by atoms with Gasteiger partial charge in [0.15, 0.2) is 0 Å². The van der Waals surface area contributed by atoms with Crippen molar-refractivity contribution in [3.8, 4) is 11.1 Å². The molecule has 0 fully saturated rings. The Bertz CT molecular complexity index is 2510. The number of para-hydroxylation sites is 2. The van der Waals surface area contributed by atoms with Gasteiger partial charge in [0.05, 0.1) is 16.1 Å². The molecule has 0 spiro atoms. The van der Waals surface area contributed by atoms with E-state index in [0.717, 1.165) is 5.69 Å². The van der Waals surface area contributed by atoms with Gasteiger partial charge in [-0.1, -0.05) is 152 Å². The molecule has 0 N–H and O–H groups in total. The molecule has 4 heteroatoms. The van der Waals surface area contributed by atoms with Gasteiger partial charge in [0.2, 0.25) is 0 Å². The summed E-state index contributed by atoms with van der Waals surface area (Å²) in [5, 5.41) is 2.70. The SMILES string of the molecule is CC(C)c1ccc(N(c2ccccc2)c2ccc3c(c2)C([Si](C)(C)C)([Si](C)(C)C)c2c-3ccc3cc(N(c4ccccc4)c4ccc(C(C)C)cc4)ccc23)cc1. The molecule has 0 saturated heterocycles. The van der Waals surface area contributed by atoms with E-state index in [9.17, 15) is 0 Å². The summed E-state index contributed by atoms with van der Waals surface area (Å²) < 4.78 is -0.0304. The van der Waals surface area contributed by atoms with Crippen LogP contribution in [0.15, 0.2) is 158 Å². The molecule has 0 radical (unpaired) electrons. The predicted molar refractivity (Wildman–Crippen MR) is 254 cm³/mol. The van der Waals surface area contributed by atoms with Gasteiger partial charge in [-0.15, -0.1) is 0 Å². The van der Waals surface area contributed by atoms with Crippen molar-refractivity contribution in [2.45, 2.75) is 83.5 Å². The number of benzene rings is 7. The third-order valence-electron chi connectivity index (χ3n) is 12.5. The van der Waals surface area contributed by atoms with Crippen molar-refractivity contribution >= 4 is 61.0 Å². The Kier molecular flexibility index (Phi) is 9.94. The third-order valence-corrected chi connectivity index (χ3v) is 22.5. The van der Waals surface area contributed by atoms with Gasteiger partial charge in [-0.25, -0.2) is 0 Å². The van der Waals surface area contributed by atoms with Crippen LogP contribution >= 0.6 is 0 Å². The number of fused-ring (bicyclic) bond motifs is 5. The van der Waals surface area contributed by atoms with Crippen molar-refractivity contribution < 1.29 is 0 Å². The Morgan fingerprint density at radius 3 is 1.26 bits per heavy atom. The first-order valence-electron chi connectivity index (χ1n) is 20.8. The maximum Gasteiger partial charge on any atom is 0.0579 e. The largest absolute Gasteiger partial charge is 0.310 e. The van der Waals surface area contributed by atoms with E-state index in [1.54, 1.807) is 5.56 Å². The maximum absolute atomic E-state index is 2.63. The fourth-order valence-corrected chi connectivity index (χ4v) is 23.3. The number of hydrogen-bond donors (Lipinski definition) is 0. The first kappa shape index (κ1) is 38.7. The first-order chi connectivity index (χ1) is 27.2. The molecule has 0 aromatic heterocycles. The molecule has 0 atom stereocenters. The highest BCUT2D eigenvalue weighted by Crippen LogP contribution is 2.60. The Morgan fingerprint density at radius 1 is 0.404 bits per heavy atom. The number of nitrogens with zero attached hydrogens (tertiary/aromatic N) is 2. The second kappa shape index (κ2) is 14.6. The summed E-state index contributed by atoms with van der Waals surface area (Å²) in [5.41, 5.74) is 15.7. The van der Waals surface area contributed by atoms with Gasteiger partial charge in [-0.2, -0.15) is 0 Å². The van der Waals surface area contributed by atoms with Gasteiger partial charge >= 0.3 is 0 Å². The summed E-state index contributed by atoms with van der Waals surface area (Å²) in [6.07, 6.45) is 0. The van der Waals surface area contributed by atoms with Gasteiger partial charge in [0.25, 0.3) is 0 Å². The highest BCUT2D eigenvalue weighted by Gasteiger charge is 2.59. The quantitative estimate of drug-likeness (QED) is 0.128. The van der Waals surface area contributed by atoms with Crippen molar-refractivity contribution in [2.75, 3.05) is 9.80 Å². The molecule has 8 rings (SSSR count). The van der Waals surface area contributed by atoms with Crippen LogP contribution in [0, 0.1) is 0 Å². The molecule has 0 aliphatic heterocycles. The number of anilines is 6. The smallest absolute Gasteiger partial charge is 0.0579 e. The summed E-state index contributed by atoms with van der Waals surface area (Å²) in [7, 11) is -3.98. The predicted octanol–water partition coefficient (Wildman–Crippen LogP) is 16.0. The zero-order valence-corrected chi connectivity index (χ0v) is 37.6. The molecule has 0 amide bonds. The van der Waals surface area contributed by atoms with Crippen LogP contribution in [0.2, 0.25) is 39.3 Å². The van der Waals surface area contributed by atoms with E-state index in [-0.39, 0.29) is 4.66 Å². The summed E-state index contributed by atoms with van der Waals surface area (Å²) in [6.45, 7) is 24.8. The molecule has 7 aromatic rings. The standard InChI is InChI=1S/C53H58N2Si2/c1-37(2)39-21-26-44(27-22-39)54(42-17-13-11-14-18-42)46-30-33-48-41(35-46)25-32-50-49-34-31-47(36-51(49)53(52(48)50,56(5,6)7)57(8,9)10)55(43-19-15-12-16-20-43)45-28-23-40(24-29-45)38(3)4/h11-38H,1-10H3. The minimum atomic E-state index is -1.99. The average Bonchev–Trinajstić information content (AvgIpc) is 3.51. The zero-order valence-electron chi connectivity index (χ0n) is 35.6. The van der Waals surface area contributed by atoms with Crippen molar-refractivity contribution in [3.63, 3.8) is 0 Å². The maximum atomic E-state index is 2.63. The normalized spacial score (nSPS) is 13.5. The molecule has 7 aromatic carbocycles. The van der Waals surface area contributed by atoms with Gasteiger partial charge in [-0.05, 0) is 129 Å². The number of hydrogen-bond acceptors (Lipinski definition) is 2. The van der Waals surface area contributed by atoms with Crippen LogP contribution in [-0.4, -0.2) is 16.1 Å². The van der Waals surface area contributed by atoms with Crippen LogP contribution in [0.4, 0.5) is 34.1 Å². The van der Waals surface area contributed by atoms with Crippen LogP contribution in [0.1, 0.15) is 61.8 Å². The number of rotatable bonds is 10. The summed E-state index contributed by atoms with van der Waals surface area (Å²) in [5.74, 6) is 0.975. The van der Waals surface area contributed by atoms with E-state index in [1.165, 1.54) is 67.0 Å². The highest BCUT2D eigenvalue weighted by molar-refractivity contribution is 7.00. The van der Waals surface area contributed by atoms with E-state index in [0.29, 0.717) is 11.8 Å². The lowest BCUT2D eigenvalue weighted by molar-refractivity contribution is 0.866. The van der Waals surface area contributed by atoms with Crippen LogP contribution in [-0.2, 0) is 4.66 Å². The van der Waals surface area contributed by atoms with Crippen LogP contribution in [0.25, 0.3) is 21.9 Å². The van der Waals surface area contributed by atoms with E-state index < -0.39 is 16.1 Å². The minimum absolute atomic E-state index is 0.0304. The van der Waals surface area contributed by atoms with Gasteiger partial charge < -0.3 is 9.80 Å². The monoisotopic (exact) mass is 778 g/mol. The minimum Gasteiger partial charge on any atom is -0.310 e. The summed E-state index contributed by atoms with van der Waals surface area (Å²) >= 11 is 0. The van der Waals surface area contributed by atoms with Crippen molar-refractivity contribution in [1.29, 1.82) is 0 Å². The Labute approximate surface area is 343 Å². The molecule has 0 unspecified atom stereocenters. The van der Waals surface area contributed by atoms with E-state index in [4.69, 9.17) is 0 Å². The van der Waals surface area contributed by atoms with Crippen LogP contribution in [0.5, 0.6) is 0 Å². The lowest BCUT2D eigenvalue weighted by Gasteiger charge is -2.51. The van der Waals surface area contributed by atoms with Gasteiger partial charge in [0.1, 0.15) is 0 Å². The molecule has 0 heterocycles. The Morgan fingerprint density at radius 2 is 0.807 bits per heavy atom. The average molecular weight is 779 g/mol. The molecule has 1 aliphatic carbocycles. The molecule has 0 saturated carbocycles. The summed E-state index contributed by atoms with van der Waals surface area (Å²) in [4.78, 5) is 4.87. The van der Waals surface area contributed by atoms with E-state index in [2.05, 4.69) is 235 Å². The van der Waals surface area contributed by atoms with Gasteiger partial charge in [0, 0.05) is 38.8 Å².